The summed E-state index contributed by atoms with van der Waals surface area (Å²) in [5, 5.41) is 34.3. The van der Waals surface area contributed by atoms with E-state index in [9.17, 15) is 10.4 Å². The van der Waals surface area contributed by atoms with E-state index in [1.54, 1.807) is 9.36 Å². The van der Waals surface area contributed by atoms with Gasteiger partial charge in [0.05, 0.1) is 64.6 Å². The SMILES string of the molecule is Cc1nn(C)c2c1-c1cc3c(nn(PI)c3cn1)/C=C/c1c(OCC#N)nn(C(C)CO)c1CN(C)CC(C)O2. The Kier molecular flexibility index (Phi) is 8.42. The molecule has 1 N–H and O–H groups in total. The van der Waals surface area contributed by atoms with E-state index in [2.05, 4.69) is 37.1 Å². The first-order chi connectivity index (χ1) is 19.2. The van der Waals surface area contributed by atoms with E-state index in [-0.39, 0.29) is 25.4 Å². The van der Waals surface area contributed by atoms with Gasteiger partial charge >= 0.3 is 0 Å². The molecule has 2 bridgehead atoms. The van der Waals surface area contributed by atoms with Crippen molar-refractivity contribution in [1.29, 1.82) is 5.26 Å². The third kappa shape index (κ3) is 5.33. The van der Waals surface area contributed by atoms with Crippen LogP contribution in [-0.4, -0.2) is 77.0 Å². The number of aryl methyl sites for hydroxylation is 2. The molecule has 4 aromatic rings. The van der Waals surface area contributed by atoms with Crippen molar-refractivity contribution in [3.63, 3.8) is 0 Å². The fraction of sp³-hybridized carbons (Fsp3) is 0.423. The fourth-order valence-electron chi connectivity index (χ4n) is 5.01. The van der Waals surface area contributed by atoms with Gasteiger partial charge in [-0.1, -0.05) is 0 Å². The van der Waals surface area contributed by atoms with Crippen LogP contribution < -0.4 is 9.47 Å². The molecule has 14 heteroatoms. The highest BCUT2D eigenvalue weighted by atomic mass is 127. The second kappa shape index (κ2) is 11.8. The molecule has 0 aromatic carbocycles. The first-order valence-corrected chi connectivity index (χ1v) is 16.9. The molecule has 210 valence electrons. The highest BCUT2D eigenvalue weighted by molar-refractivity contribution is 14.2. The van der Waals surface area contributed by atoms with Crippen molar-refractivity contribution in [2.24, 2.45) is 7.05 Å². The predicted octanol–water partition coefficient (Wildman–Crippen LogP) is 3.97. The van der Waals surface area contributed by atoms with Gasteiger partial charge in [-0.2, -0.15) is 15.5 Å². The van der Waals surface area contributed by atoms with Crippen LogP contribution in [0.1, 0.15) is 42.5 Å². The number of halogens is 1. The van der Waals surface area contributed by atoms with Crippen LogP contribution >= 0.6 is 28.4 Å². The molecule has 0 aliphatic carbocycles. The molecule has 5 heterocycles. The monoisotopic (exact) mass is 675 g/mol. The van der Waals surface area contributed by atoms with Crippen LogP contribution in [0.2, 0.25) is 0 Å². The van der Waals surface area contributed by atoms with Crippen molar-refractivity contribution < 1.29 is 14.6 Å². The summed E-state index contributed by atoms with van der Waals surface area (Å²) in [6.07, 6.45) is 5.94. The van der Waals surface area contributed by atoms with Gasteiger partial charge < -0.3 is 14.6 Å². The first-order valence-electron chi connectivity index (χ1n) is 12.8. The molecule has 0 radical (unpaired) electrons. The van der Waals surface area contributed by atoms with Gasteiger partial charge in [0.2, 0.25) is 11.8 Å². The molecule has 4 aromatic heterocycles. The van der Waals surface area contributed by atoms with Crippen LogP contribution in [0.25, 0.3) is 34.3 Å². The topological polar surface area (TPSA) is 132 Å². The van der Waals surface area contributed by atoms with E-state index >= 15 is 0 Å². The quantitative estimate of drug-likeness (QED) is 0.247. The number of pyridine rings is 1. The standard InChI is InChI=1S/C26H31IN9O3P/c1-15(14-37)35-23-13-33(4)12-16(2)39-26-24(17(3)30-34(26)5)21-10-19-20(31-36(40-27)22(19)11-29-21)7-6-18(23)25(32-35)38-9-8-28/h6-7,10-11,15-16,37,40H,9,12-14H2,1-5H3/b7-6+. The van der Waals surface area contributed by atoms with Crippen molar-refractivity contribution in [2.75, 3.05) is 26.8 Å². The van der Waals surface area contributed by atoms with Gasteiger partial charge in [0, 0.05) is 25.5 Å². The molecule has 0 saturated carbocycles. The number of nitrogens with zero attached hydrogens (tertiary/aromatic N) is 9. The third-order valence-corrected chi connectivity index (χ3v) is 8.65. The molecule has 40 heavy (non-hydrogen) atoms. The first kappa shape index (κ1) is 28.5. The number of hydrogen-bond acceptors (Lipinski definition) is 9. The summed E-state index contributed by atoms with van der Waals surface area (Å²) < 4.78 is 17.7. The number of aromatic nitrogens is 7. The van der Waals surface area contributed by atoms with Crippen molar-refractivity contribution in [3.05, 3.63) is 34.9 Å². The number of nitriles is 1. The predicted molar refractivity (Wildman–Crippen MR) is 163 cm³/mol. The summed E-state index contributed by atoms with van der Waals surface area (Å²) >= 11 is 2.31. The second-order valence-electron chi connectivity index (χ2n) is 9.90. The second-order valence-corrected chi connectivity index (χ2v) is 11.9. The molecule has 0 amide bonds. The lowest BCUT2D eigenvalue weighted by Gasteiger charge is -2.24. The highest BCUT2D eigenvalue weighted by Crippen LogP contribution is 2.37. The van der Waals surface area contributed by atoms with Crippen molar-refractivity contribution >= 4 is 51.5 Å². The lowest BCUT2D eigenvalue weighted by molar-refractivity contribution is 0.145. The van der Waals surface area contributed by atoms with Crippen LogP contribution in [0.3, 0.4) is 0 Å². The zero-order chi connectivity index (χ0) is 28.6. The number of fused-ring (bicyclic) bond motifs is 4. The Bertz CT molecular complexity index is 1620. The van der Waals surface area contributed by atoms with E-state index in [1.807, 2.05) is 69.8 Å². The number of rotatable bonds is 5. The van der Waals surface area contributed by atoms with Gasteiger partial charge in [-0.3, -0.25) is 14.6 Å². The van der Waals surface area contributed by atoms with Gasteiger partial charge in [-0.25, -0.2) is 9.13 Å². The summed E-state index contributed by atoms with van der Waals surface area (Å²) in [6.45, 7) is 6.76. The maximum Gasteiger partial charge on any atom is 0.241 e. The van der Waals surface area contributed by atoms with E-state index in [1.165, 1.54) is 0 Å². The lowest BCUT2D eigenvalue weighted by atomic mass is 10.1. The Labute approximate surface area is 246 Å². The minimum atomic E-state index is -0.292. The molecule has 0 saturated heterocycles. The molecule has 3 unspecified atom stereocenters. The highest BCUT2D eigenvalue weighted by Gasteiger charge is 2.25. The van der Waals surface area contributed by atoms with Crippen LogP contribution in [0, 0.1) is 18.3 Å². The Morgan fingerprint density at radius 1 is 1.30 bits per heavy atom. The molecule has 3 atom stereocenters. The van der Waals surface area contributed by atoms with Gasteiger partial charge in [-0.15, -0.1) is 5.10 Å². The van der Waals surface area contributed by atoms with Crippen LogP contribution in [0.4, 0.5) is 0 Å². The molecule has 1 aliphatic heterocycles. The van der Waals surface area contributed by atoms with Gasteiger partial charge in [-0.05, 0) is 68.1 Å². The van der Waals surface area contributed by atoms with E-state index < -0.39 is 0 Å². The van der Waals surface area contributed by atoms with Crippen LogP contribution in [0.5, 0.6) is 11.8 Å². The largest absolute Gasteiger partial charge is 0.473 e. The molecule has 12 nitrogen and oxygen atoms in total. The van der Waals surface area contributed by atoms with E-state index in [0.717, 1.165) is 44.8 Å². The fourth-order valence-corrected chi connectivity index (χ4v) is 6.53. The maximum absolute atomic E-state index is 9.99. The lowest BCUT2D eigenvalue weighted by Crippen LogP contribution is -2.32. The zero-order valence-corrected chi connectivity index (χ0v) is 26.1. The number of ether oxygens (including phenoxy) is 2. The average molecular weight is 675 g/mol. The van der Waals surface area contributed by atoms with Gasteiger partial charge in [0.25, 0.3) is 0 Å². The molecule has 0 spiro atoms. The minimum Gasteiger partial charge on any atom is -0.473 e. The molecule has 0 fully saturated rings. The number of aliphatic hydroxyl groups excluding tert-OH is 1. The van der Waals surface area contributed by atoms with Crippen LogP contribution in [0.15, 0.2) is 12.3 Å². The Hall–Kier alpha value is -3.05. The molecule has 1 aliphatic rings. The summed E-state index contributed by atoms with van der Waals surface area (Å²) in [7, 11) is 3.89. The smallest absolute Gasteiger partial charge is 0.241 e. The summed E-state index contributed by atoms with van der Waals surface area (Å²) in [5.74, 6) is 0.998. The number of likely N-dealkylation sites (N-methyl/N-ethyl adjacent to an activating group) is 1. The molecular formula is C26H31IN9O3P. The van der Waals surface area contributed by atoms with E-state index in [4.69, 9.17) is 19.6 Å². The maximum atomic E-state index is 9.99. The average Bonchev–Trinajstić information content (AvgIpc) is 3.55. The van der Waals surface area contributed by atoms with E-state index in [0.29, 0.717) is 31.2 Å². The normalized spacial score (nSPS) is 17.7. The number of hydrogen-bond donors (Lipinski definition) is 1. The third-order valence-electron chi connectivity index (χ3n) is 6.78. The van der Waals surface area contributed by atoms with Crippen molar-refractivity contribution in [1.82, 2.24) is 39.0 Å². The Balaban J connectivity index is 1.75. The van der Waals surface area contributed by atoms with Gasteiger partial charge in [0.1, 0.15) is 12.2 Å². The van der Waals surface area contributed by atoms with Crippen molar-refractivity contribution in [2.45, 2.75) is 39.5 Å². The Morgan fingerprint density at radius 3 is 2.83 bits per heavy atom. The van der Waals surface area contributed by atoms with Crippen molar-refractivity contribution in [3.8, 4) is 29.1 Å². The summed E-state index contributed by atoms with van der Waals surface area (Å²) in [5.41, 5.74) is 5.73. The Morgan fingerprint density at radius 2 is 2.10 bits per heavy atom. The molecule has 5 rings (SSSR count). The minimum absolute atomic E-state index is 0.0945. The summed E-state index contributed by atoms with van der Waals surface area (Å²) in [6, 6.07) is 3.77. The number of aliphatic hydroxyl groups is 1. The molecular weight excluding hydrogens is 644 g/mol. The summed E-state index contributed by atoms with van der Waals surface area (Å²) in [4.78, 5) is 6.93. The van der Waals surface area contributed by atoms with Gasteiger partial charge in [0.15, 0.2) is 6.61 Å². The van der Waals surface area contributed by atoms with Crippen LogP contribution in [-0.2, 0) is 13.6 Å². The zero-order valence-electron chi connectivity index (χ0n) is 23.0.